The third-order valence-electron chi connectivity index (χ3n) is 2.97. The van der Waals surface area contributed by atoms with Gasteiger partial charge in [-0.3, -0.25) is 4.98 Å². The second-order valence-electron chi connectivity index (χ2n) is 4.23. The summed E-state index contributed by atoms with van der Waals surface area (Å²) in [4.78, 5) is 7.15. The normalized spacial score (nSPS) is 11.8. The lowest BCUT2D eigenvalue weighted by Crippen LogP contribution is -2.04. The SMILES string of the molecule is Nc1[nH]c2c(Br)cncc2c1S(=O)(=O)c1ccccc1. The number of nitrogens with zero attached hydrogens (tertiary/aromatic N) is 1. The van der Waals surface area contributed by atoms with Crippen LogP contribution < -0.4 is 5.73 Å². The molecule has 5 nitrogen and oxygen atoms in total. The number of aromatic amines is 1. The summed E-state index contributed by atoms with van der Waals surface area (Å²) in [6, 6.07) is 8.19. The van der Waals surface area contributed by atoms with E-state index in [1.165, 1.54) is 6.20 Å². The Kier molecular flexibility index (Phi) is 3.02. The van der Waals surface area contributed by atoms with E-state index in [4.69, 9.17) is 5.73 Å². The topological polar surface area (TPSA) is 88.8 Å². The molecule has 0 bridgehead atoms. The van der Waals surface area contributed by atoms with Crippen LogP contribution >= 0.6 is 15.9 Å². The molecule has 20 heavy (non-hydrogen) atoms. The maximum atomic E-state index is 12.7. The number of hydrogen-bond acceptors (Lipinski definition) is 4. The number of nitrogens with one attached hydrogen (secondary N) is 1. The van der Waals surface area contributed by atoms with Gasteiger partial charge in [-0.1, -0.05) is 18.2 Å². The quantitative estimate of drug-likeness (QED) is 0.742. The van der Waals surface area contributed by atoms with Crippen molar-refractivity contribution in [2.24, 2.45) is 0 Å². The highest BCUT2D eigenvalue weighted by atomic mass is 79.9. The van der Waals surface area contributed by atoms with Crippen molar-refractivity contribution in [1.29, 1.82) is 0 Å². The third-order valence-corrected chi connectivity index (χ3v) is 5.44. The van der Waals surface area contributed by atoms with Crippen LogP contribution in [-0.4, -0.2) is 18.4 Å². The number of fused-ring (bicyclic) bond motifs is 1. The van der Waals surface area contributed by atoms with Gasteiger partial charge in [0.1, 0.15) is 10.7 Å². The van der Waals surface area contributed by atoms with Gasteiger partial charge < -0.3 is 10.7 Å². The Hall–Kier alpha value is -1.86. The Morgan fingerprint density at radius 1 is 1.15 bits per heavy atom. The van der Waals surface area contributed by atoms with E-state index in [9.17, 15) is 8.42 Å². The van der Waals surface area contributed by atoms with Gasteiger partial charge in [-0.05, 0) is 28.1 Å². The molecule has 0 aliphatic heterocycles. The average Bonchev–Trinajstić information content (AvgIpc) is 2.78. The molecule has 0 saturated carbocycles. The second kappa shape index (κ2) is 4.60. The molecule has 3 rings (SSSR count). The van der Waals surface area contributed by atoms with Gasteiger partial charge in [0, 0.05) is 17.8 Å². The van der Waals surface area contributed by atoms with E-state index in [0.29, 0.717) is 15.4 Å². The standard InChI is InChI=1S/C13H10BrN3O2S/c14-10-7-16-6-9-11(10)17-13(15)12(9)20(18,19)8-4-2-1-3-5-8/h1-7,17H,15H2. The molecule has 0 fully saturated rings. The number of aromatic nitrogens is 2. The van der Waals surface area contributed by atoms with Crippen LogP contribution in [-0.2, 0) is 9.84 Å². The van der Waals surface area contributed by atoms with Gasteiger partial charge in [0.2, 0.25) is 9.84 Å². The van der Waals surface area contributed by atoms with Crippen LogP contribution in [0.5, 0.6) is 0 Å². The summed E-state index contributed by atoms with van der Waals surface area (Å²) in [7, 11) is -3.69. The number of nitrogens with two attached hydrogens (primary N) is 1. The molecule has 0 radical (unpaired) electrons. The van der Waals surface area contributed by atoms with Crippen molar-refractivity contribution in [2.45, 2.75) is 9.79 Å². The molecule has 0 spiro atoms. The lowest BCUT2D eigenvalue weighted by atomic mass is 10.3. The van der Waals surface area contributed by atoms with Crippen LogP contribution in [0.1, 0.15) is 0 Å². The van der Waals surface area contributed by atoms with Crippen LogP contribution in [0.3, 0.4) is 0 Å². The van der Waals surface area contributed by atoms with E-state index in [1.54, 1.807) is 36.5 Å². The number of pyridine rings is 1. The van der Waals surface area contributed by atoms with Gasteiger partial charge in [-0.2, -0.15) is 0 Å². The van der Waals surface area contributed by atoms with Crippen molar-refractivity contribution in [3.63, 3.8) is 0 Å². The van der Waals surface area contributed by atoms with Crippen molar-refractivity contribution < 1.29 is 8.42 Å². The lowest BCUT2D eigenvalue weighted by molar-refractivity contribution is 0.597. The van der Waals surface area contributed by atoms with Gasteiger partial charge >= 0.3 is 0 Å². The lowest BCUT2D eigenvalue weighted by Gasteiger charge is -2.04. The van der Waals surface area contributed by atoms with Crippen LogP contribution in [0.25, 0.3) is 10.9 Å². The van der Waals surface area contributed by atoms with Crippen LogP contribution in [0.4, 0.5) is 5.82 Å². The summed E-state index contributed by atoms with van der Waals surface area (Å²) < 4.78 is 26.1. The molecule has 0 aliphatic carbocycles. The Labute approximate surface area is 123 Å². The zero-order chi connectivity index (χ0) is 14.3. The van der Waals surface area contributed by atoms with Gasteiger partial charge in [-0.15, -0.1) is 0 Å². The molecule has 7 heteroatoms. The van der Waals surface area contributed by atoms with Gasteiger partial charge in [0.15, 0.2) is 0 Å². The van der Waals surface area contributed by atoms with E-state index in [1.807, 2.05) is 0 Å². The van der Waals surface area contributed by atoms with Crippen molar-refractivity contribution >= 4 is 42.5 Å². The largest absolute Gasteiger partial charge is 0.384 e. The second-order valence-corrected chi connectivity index (χ2v) is 6.97. The Bertz CT molecular complexity index is 889. The molecule has 3 N–H and O–H groups in total. The minimum atomic E-state index is -3.69. The zero-order valence-corrected chi connectivity index (χ0v) is 12.6. The summed E-state index contributed by atoms with van der Waals surface area (Å²) in [6.45, 7) is 0. The van der Waals surface area contributed by atoms with Crippen molar-refractivity contribution in [3.05, 3.63) is 47.2 Å². The third kappa shape index (κ3) is 1.90. The first-order valence-corrected chi connectivity index (χ1v) is 8.00. The molecular formula is C13H10BrN3O2S. The summed E-state index contributed by atoms with van der Waals surface area (Å²) in [6.07, 6.45) is 3.07. The molecule has 2 aromatic heterocycles. The van der Waals surface area contributed by atoms with Gasteiger partial charge in [-0.25, -0.2) is 8.42 Å². The molecular weight excluding hydrogens is 342 g/mol. The number of rotatable bonds is 2. The molecule has 0 atom stereocenters. The van der Waals surface area contributed by atoms with Crippen molar-refractivity contribution in [1.82, 2.24) is 9.97 Å². The zero-order valence-electron chi connectivity index (χ0n) is 10.2. The number of sulfone groups is 1. The molecule has 0 aliphatic rings. The van der Waals surface area contributed by atoms with E-state index in [-0.39, 0.29) is 15.6 Å². The van der Waals surface area contributed by atoms with Crippen LogP contribution in [0, 0.1) is 0 Å². The van der Waals surface area contributed by atoms with E-state index < -0.39 is 9.84 Å². The van der Waals surface area contributed by atoms with Crippen molar-refractivity contribution in [2.75, 3.05) is 5.73 Å². The first-order chi connectivity index (χ1) is 9.51. The van der Waals surface area contributed by atoms with Crippen LogP contribution in [0.2, 0.25) is 0 Å². The minimum Gasteiger partial charge on any atom is -0.384 e. The fraction of sp³-hybridized carbons (Fsp3) is 0. The molecule has 0 unspecified atom stereocenters. The summed E-state index contributed by atoms with van der Waals surface area (Å²) >= 11 is 3.32. The Morgan fingerprint density at radius 2 is 1.85 bits per heavy atom. The first-order valence-electron chi connectivity index (χ1n) is 5.72. The highest BCUT2D eigenvalue weighted by Gasteiger charge is 2.26. The molecule has 3 aromatic rings. The predicted molar refractivity (Wildman–Crippen MR) is 80.1 cm³/mol. The Balaban J connectivity index is 2.36. The maximum Gasteiger partial charge on any atom is 0.210 e. The summed E-state index contributed by atoms with van der Waals surface area (Å²) in [5, 5.41) is 0.473. The minimum absolute atomic E-state index is 0.0625. The number of benzene rings is 1. The fourth-order valence-corrected chi connectivity index (χ4v) is 4.04. The number of anilines is 1. The maximum absolute atomic E-state index is 12.7. The monoisotopic (exact) mass is 351 g/mol. The summed E-state index contributed by atoms with van der Waals surface area (Å²) in [5.41, 5.74) is 6.48. The van der Waals surface area contributed by atoms with Gasteiger partial charge in [0.25, 0.3) is 0 Å². The van der Waals surface area contributed by atoms with E-state index >= 15 is 0 Å². The van der Waals surface area contributed by atoms with Gasteiger partial charge in [0.05, 0.1) is 14.9 Å². The highest BCUT2D eigenvalue weighted by Crippen LogP contribution is 2.35. The van der Waals surface area contributed by atoms with Crippen molar-refractivity contribution in [3.8, 4) is 0 Å². The van der Waals surface area contributed by atoms with E-state index in [0.717, 1.165) is 0 Å². The number of halogens is 1. The number of H-pyrrole nitrogens is 1. The number of hydrogen-bond donors (Lipinski definition) is 2. The number of nitrogen functional groups attached to an aromatic ring is 1. The Morgan fingerprint density at radius 3 is 2.55 bits per heavy atom. The summed E-state index contributed by atoms with van der Waals surface area (Å²) in [5.74, 6) is 0.109. The molecule has 0 saturated heterocycles. The fourth-order valence-electron chi connectivity index (χ4n) is 2.08. The van der Waals surface area contributed by atoms with Crippen LogP contribution in [0.15, 0.2) is 57.0 Å². The predicted octanol–water partition coefficient (Wildman–Crippen LogP) is 2.74. The first kappa shape index (κ1) is 13.1. The smallest absolute Gasteiger partial charge is 0.210 e. The van der Waals surface area contributed by atoms with E-state index in [2.05, 4.69) is 25.9 Å². The molecule has 1 aromatic carbocycles. The molecule has 0 amide bonds. The molecule has 2 heterocycles. The average molecular weight is 352 g/mol. The highest BCUT2D eigenvalue weighted by molar-refractivity contribution is 9.10. The molecule has 102 valence electrons.